The van der Waals surface area contributed by atoms with Crippen molar-refractivity contribution < 1.29 is 28.9 Å². The molecule has 20 nitrogen and oxygen atoms in total. The second-order valence-electron chi connectivity index (χ2n) is 22.6. The van der Waals surface area contributed by atoms with Crippen molar-refractivity contribution in [2.24, 2.45) is 0 Å². The number of nitrogens with one attached hydrogen (secondary N) is 3. The monoisotopic (exact) mass is 1370 g/mol. The molecule has 4 N–H and O–H groups in total. The number of hydrogen-bond acceptors (Lipinski definition) is 15. The molecule has 3 saturated heterocycles. The average molecular weight is 1370 g/mol. The molecular weight excluding hydrogens is 1300 g/mol. The third-order valence-electron chi connectivity index (χ3n) is 16.6. The number of fused-ring (bicyclic) bond motifs is 3. The zero-order chi connectivity index (χ0) is 68.6. The fraction of sp³-hybridized carbons (Fsp3) is 0.221. The quantitative estimate of drug-likeness (QED) is 0.0840. The largest absolute Gasteiger partial charge is 0.495 e. The topological polar surface area (TPSA) is 205 Å². The summed E-state index contributed by atoms with van der Waals surface area (Å²) in [5, 5.41) is 21.1. The van der Waals surface area contributed by atoms with E-state index in [2.05, 4.69) is 83.3 Å². The fourth-order valence-electron chi connectivity index (χ4n) is 11.7. The molecule has 0 aliphatic carbocycles. The number of nitrogens with zero attached hydrogens (tertiary/aromatic N) is 11. The van der Waals surface area contributed by atoms with Gasteiger partial charge in [0.15, 0.2) is 28.6 Å². The van der Waals surface area contributed by atoms with Crippen molar-refractivity contribution in [3.63, 3.8) is 0 Å². The maximum absolute atomic E-state index is 12.8. The summed E-state index contributed by atoms with van der Waals surface area (Å²) in [6.07, 6.45) is 12.6. The normalized spacial score (nSPS) is 13.2. The van der Waals surface area contributed by atoms with E-state index in [0.29, 0.717) is 49.7 Å². The number of ether oxygens (including phenoxy) is 3. The van der Waals surface area contributed by atoms with Crippen LogP contribution in [0.4, 0.5) is 28.4 Å². The van der Waals surface area contributed by atoms with Crippen molar-refractivity contribution >= 4 is 89.0 Å². The summed E-state index contributed by atoms with van der Waals surface area (Å²) >= 11 is 3.46. The molecule has 21 heteroatoms. The Hall–Kier alpha value is -11.4. The van der Waals surface area contributed by atoms with Crippen LogP contribution in [0.2, 0.25) is 0 Å². The number of carbonyl (C=O) groups is 2. The van der Waals surface area contributed by atoms with E-state index in [1.165, 1.54) is 0 Å². The predicted octanol–water partition coefficient (Wildman–Crippen LogP) is 13.7. The third-order valence-corrected chi connectivity index (χ3v) is 17.2. The Bertz CT molecular complexity index is 4620. The lowest BCUT2D eigenvalue weighted by Gasteiger charge is -2.36. The van der Waals surface area contributed by atoms with Crippen LogP contribution in [0.1, 0.15) is 11.1 Å². The van der Waals surface area contributed by atoms with Gasteiger partial charge in [0.05, 0.1) is 98.7 Å². The van der Waals surface area contributed by atoms with Crippen LogP contribution in [0.5, 0.6) is 17.2 Å². The molecule has 1 amide bonds. The number of hydrogen-bond donors (Lipinski definition) is 4. The van der Waals surface area contributed by atoms with Gasteiger partial charge in [-0.15, -0.1) is 0 Å². The van der Waals surface area contributed by atoms with E-state index < -0.39 is 5.97 Å². The van der Waals surface area contributed by atoms with Crippen molar-refractivity contribution in [1.82, 2.24) is 45.8 Å². The standard InChI is InChI=1S/C28H25N5O2.C21H20N4O.C17H11BrN2O.C7H7NO2.C4H10N2/c1-29-22-8-6-21(7-9-22)23-4-3-5-24-27(23)31-19-25(28(24)35-2)32-14-16-33(17-15-32)26(34)18-20-10-12-30-13-11-20;1-22-16-8-6-15(7-9-16)17-4-3-5-18-20(17)24-14-19(21(18)26-2)25-12-10-23-11-13-25;1-19-12-8-6-11(7-9-12)13-4-3-5-14-16(13)20-10-15(18)17(14)21-2;9-7(10)5-6-1-3-8-4-2-6;1-2-6-4-3-5-1/h3-13,19H,14-18H2,2H3;3-9,14,23H,10-13H2,2H3;3-10H,2H3;1-4H,5H2,(H,9,10);5-6H,1-4H2. The molecular formula is C77H73BrN14O6. The molecule has 494 valence electrons. The maximum atomic E-state index is 12.8. The van der Waals surface area contributed by atoms with Gasteiger partial charge in [-0.2, -0.15) is 0 Å². The molecule has 3 aliphatic rings. The van der Waals surface area contributed by atoms with Crippen LogP contribution in [0.3, 0.4) is 0 Å². The van der Waals surface area contributed by atoms with Crippen LogP contribution in [0, 0.1) is 19.7 Å². The zero-order valence-corrected chi connectivity index (χ0v) is 56.2. The van der Waals surface area contributed by atoms with Crippen LogP contribution >= 0.6 is 15.9 Å². The second kappa shape index (κ2) is 34.9. The Morgan fingerprint density at radius 2 is 0.816 bits per heavy atom. The van der Waals surface area contributed by atoms with Crippen LogP contribution < -0.4 is 40.0 Å². The van der Waals surface area contributed by atoms with Crippen LogP contribution in [-0.2, 0) is 22.4 Å². The number of carboxylic acids is 1. The van der Waals surface area contributed by atoms with E-state index in [1.54, 1.807) is 64.4 Å². The Labute approximate surface area is 578 Å². The van der Waals surface area contributed by atoms with E-state index >= 15 is 0 Å². The number of carboxylic acid groups (broad SMARTS) is 1. The summed E-state index contributed by atoms with van der Waals surface area (Å²) in [5.41, 5.74) is 14.4. The molecule has 6 aromatic carbocycles. The summed E-state index contributed by atoms with van der Waals surface area (Å²) in [7, 11) is 5.05. The highest BCUT2D eigenvalue weighted by Crippen LogP contribution is 2.42. The minimum absolute atomic E-state index is 0.0719. The molecule has 14 rings (SSSR count). The number of pyridine rings is 5. The Morgan fingerprint density at radius 1 is 0.459 bits per heavy atom. The number of amides is 1. The van der Waals surface area contributed by atoms with Crippen molar-refractivity contribution in [3.8, 4) is 50.6 Å². The summed E-state index contributed by atoms with van der Waals surface area (Å²) in [6.45, 7) is 32.4. The van der Waals surface area contributed by atoms with Gasteiger partial charge < -0.3 is 50.0 Å². The predicted molar refractivity (Wildman–Crippen MR) is 391 cm³/mol. The highest BCUT2D eigenvalue weighted by atomic mass is 79.9. The molecule has 3 aliphatic heterocycles. The van der Waals surface area contributed by atoms with Gasteiger partial charge in [0.25, 0.3) is 0 Å². The zero-order valence-electron chi connectivity index (χ0n) is 54.7. The Morgan fingerprint density at radius 3 is 1.18 bits per heavy atom. The Balaban J connectivity index is 0.000000146. The number of methoxy groups -OCH3 is 3. The fourth-order valence-corrected chi connectivity index (χ4v) is 12.1. The van der Waals surface area contributed by atoms with Gasteiger partial charge in [0.1, 0.15) is 5.75 Å². The lowest BCUT2D eigenvalue weighted by Crippen LogP contribution is -2.49. The first-order valence-corrected chi connectivity index (χ1v) is 32.7. The van der Waals surface area contributed by atoms with Gasteiger partial charge in [0.2, 0.25) is 5.91 Å². The van der Waals surface area contributed by atoms with E-state index in [9.17, 15) is 9.59 Å². The number of rotatable bonds is 12. The van der Waals surface area contributed by atoms with Gasteiger partial charge in [-0.05, 0) is 86.2 Å². The molecule has 8 heterocycles. The third kappa shape index (κ3) is 17.5. The van der Waals surface area contributed by atoms with E-state index in [1.807, 2.05) is 145 Å². The molecule has 0 saturated carbocycles. The van der Waals surface area contributed by atoms with Crippen LogP contribution in [-0.4, -0.2) is 147 Å². The minimum atomic E-state index is -0.814. The molecule has 3 fully saturated rings. The molecule has 98 heavy (non-hydrogen) atoms. The number of piperazine rings is 3. The summed E-state index contributed by atoms with van der Waals surface area (Å²) in [6, 6.07) is 48.0. The summed E-state index contributed by atoms with van der Waals surface area (Å²) in [4.78, 5) is 61.6. The van der Waals surface area contributed by atoms with E-state index in [4.69, 9.17) is 49.0 Å². The Kier molecular flexibility index (Phi) is 24.7. The molecule has 11 aromatic rings. The van der Waals surface area contributed by atoms with Gasteiger partial charge >= 0.3 is 5.97 Å². The number of para-hydroxylation sites is 3. The lowest BCUT2D eigenvalue weighted by molar-refractivity contribution is -0.136. The number of anilines is 2. The smallest absolute Gasteiger partial charge is 0.307 e. The number of carbonyl (C=O) groups excluding carboxylic acids is 1. The van der Waals surface area contributed by atoms with E-state index in [-0.39, 0.29) is 12.3 Å². The van der Waals surface area contributed by atoms with Crippen molar-refractivity contribution in [1.29, 1.82) is 0 Å². The first kappa shape index (κ1) is 69.4. The van der Waals surface area contributed by atoms with Gasteiger partial charge in [0, 0.05) is 142 Å². The number of aromatic nitrogens is 5. The van der Waals surface area contributed by atoms with Gasteiger partial charge in [-0.1, -0.05) is 109 Å². The highest BCUT2D eigenvalue weighted by molar-refractivity contribution is 9.10. The SMILES string of the molecule is C1CNCCN1.O=C(O)Cc1ccncc1.[C-]#[N+]c1ccc(-c2cccc3c(OC)c(Br)cnc23)cc1.[C-]#[N+]c1ccc(-c2cccc3c(OC)c(N4CCN(C(=O)Cc5ccncc5)CC4)cnc23)cc1.[C-]#[N+]c1ccc(-c2cccc3c(OC)c(N4CCNCC4)cnc23)cc1. The molecule has 0 radical (unpaired) electrons. The van der Waals surface area contributed by atoms with Gasteiger partial charge in [-0.25, -0.2) is 14.5 Å². The molecule has 0 atom stereocenters. The second-order valence-corrected chi connectivity index (χ2v) is 23.5. The average Bonchev–Trinajstić information content (AvgIpc) is 1.05. The van der Waals surface area contributed by atoms with Crippen molar-refractivity contribution in [2.45, 2.75) is 12.8 Å². The first-order valence-electron chi connectivity index (χ1n) is 31.9. The number of benzene rings is 6. The number of aliphatic carboxylic acids is 1. The summed E-state index contributed by atoms with van der Waals surface area (Å²) < 4.78 is 18.0. The van der Waals surface area contributed by atoms with Crippen molar-refractivity contribution in [2.75, 3.05) is 110 Å². The molecule has 5 aromatic heterocycles. The molecule has 0 unspecified atom stereocenters. The first-order chi connectivity index (χ1) is 48.0. The minimum Gasteiger partial charge on any atom is -0.495 e. The highest BCUT2D eigenvalue weighted by Gasteiger charge is 2.26. The van der Waals surface area contributed by atoms with E-state index in [0.717, 1.165) is 163 Å². The molecule has 0 spiro atoms. The lowest BCUT2D eigenvalue weighted by atomic mass is 10.0. The van der Waals surface area contributed by atoms with Crippen LogP contribution in [0.15, 0.2) is 200 Å². The van der Waals surface area contributed by atoms with Crippen molar-refractivity contribution in [3.05, 3.63) is 245 Å². The molecule has 0 bridgehead atoms. The van der Waals surface area contributed by atoms with Gasteiger partial charge in [-0.3, -0.25) is 34.5 Å². The maximum Gasteiger partial charge on any atom is 0.307 e. The van der Waals surface area contributed by atoms with Crippen LogP contribution in [0.25, 0.3) is 80.6 Å². The number of halogens is 1. The summed E-state index contributed by atoms with van der Waals surface area (Å²) in [5.74, 6) is 1.75.